The summed E-state index contributed by atoms with van der Waals surface area (Å²) in [6.45, 7) is 11.8. The van der Waals surface area contributed by atoms with Crippen LogP contribution in [0.2, 0.25) is 0 Å². The Morgan fingerprint density at radius 1 is 1.11 bits per heavy atom. The molecule has 2 heterocycles. The molecule has 0 atom stereocenters. The van der Waals surface area contributed by atoms with Gasteiger partial charge in [-0.15, -0.1) is 0 Å². The van der Waals surface area contributed by atoms with E-state index in [0.29, 0.717) is 12.2 Å². The third-order valence-corrected chi connectivity index (χ3v) is 6.19. The summed E-state index contributed by atoms with van der Waals surface area (Å²) < 4.78 is 2.77. The lowest BCUT2D eigenvalue weighted by Gasteiger charge is -2.24. The summed E-state index contributed by atoms with van der Waals surface area (Å²) in [4.78, 5) is 22.2. The van der Waals surface area contributed by atoms with Crippen molar-refractivity contribution < 1.29 is 4.79 Å². The molecule has 1 aromatic carbocycles. The molecule has 0 aliphatic rings. The van der Waals surface area contributed by atoms with Gasteiger partial charge in [-0.05, 0) is 44.1 Å². The second-order valence-electron chi connectivity index (χ2n) is 6.70. The number of aryl methyl sites for hydroxylation is 3. The molecule has 0 bridgehead atoms. The topological polar surface area (TPSA) is 54.3 Å². The van der Waals surface area contributed by atoms with E-state index in [2.05, 4.69) is 49.8 Å². The predicted octanol–water partition coefficient (Wildman–Crippen LogP) is 3.64. The molecule has 0 aliphatic carbocycles. The summed E-state index contributed by atoms with van der Waals surface area (Å²) in [5.74, 6) is -0.0588. The molecule has 0 aliphatic heterocycles. The van der Waals surface area contributed by atoms with Crippen LogP contribution in [-0.2, 0) is 7.05 Å². The van der Waals surface area contributed by atoms with Gasteiger partial charge in [0.15, 0.2) is 5.13 Å². The number of carbonyl (C=O) groups is 1. The summed E-state index contributed by atoms with van der Waals surface area (Å²) in [5, 5.41) is 4.90. The lowest BCUT2D eigenvalue weighted by molar-refractivity contribution is 0.0974. The van der Waals surface area contributed by atoms with Gasteiger partial charge in [-0.2, -0.15) is 5.10 Å². The summed E-state index contributed by atoms with van der Waals surface area (Å²) in [6, 6.07) is 5.96. The lowest BCUT2D eigenvalue weighted by Crippen LogP contribution is -2.39. The number of aromatic nitrogens is 3. The summed E-state index contributed by atoms with van der Waals surface area (Å²) in [7, 11) is 1.79. The van der Waals surface area contributed by atoms with Crippen LogP contribution in [0, 0.1) is 13.8 Å². The fourth-order valence-corrected chi connectivity index (χ4v) is 4.29. The molecule has 3 rings (SSSR count). The minimum Gasteiger partial charge on any atom is -0.302 e. The Kier molecular flexibility index (Phi) is 5.92. The number of benzene rings is 1. The van der Waals surface area contributed by atoms with Gasteiger partial charge in [0, 0.05) is 26.3 Å². The Bertz CT molecular complexity index is 902. The predicted molar refractivity (Wildman–Crippen MR) is 112 cm³/mol. The van der Waals surface area contributed by atoms with Crippen LogP contribution in [0.4, 0.5) is 5.13 Å². The van der Waals surface area contributed by atoms with Crippen LogP contribution < -0.4 is 4.90 Å². The van der Waals surface area contributed by atoms with E-state index in [4.69, 9.17) is 4.98 Å². The zero-order valence-corrected chi connectivity index (χ0v) is 17.5. The number of nitrogens with zero attached hydrogens (tertiary/aromatic N) is 5. The molecule has 2 aromatic heterocycles. The van der Waals surface area contributed by atoms with Gasteiger partial charge in [0.2, 0.25) is 0 Å². The van der Waals surface area contributed by atoms with E-state index in [1.807, 2.05) is 0 Å². The van der Waals surface area contributed by atoms with E-state index >= 15 is 0 Å². The largest absolute Gasteiger partial charge is 0.302 e. The van der Waals surface area contributed by atoms with Gasteiger partial charge in [0.05, 0.1) is 10.2 Å². The summed E-state index contributed by atoms with van der Waals surface area (Å²) in [6.07, 6.45) is 1.66. The molecular weight excluding hydrogens is 358 g/mol. The fourth-order valence-electron chi connectivity index (χ4n) is 3.15. The molecule has 0 fully saturated rings. The number of hydrogen-bond acceptors (Lipinski definition) is 5. The lowest BCUT2D eigenvalue weighted by atomic mass is 10.1. The van der Waals surface area contributed by atoms with Gasteiger partial charge in [-0.25, -0.2) is 4.98 Å². The standard InChI is InChI=1S/C20H27N5OS/c1-6-24(7-2)12-13-25(19(26)16-10-11-21-23(16)5)20-22-17-14(3)8-9-15(4)18(17)27-20/h8-11H,6-7,12-13H2,1-5H3. The second-order valence-corrected chi connectivity index (χ2v) is 7.67. The molecule has 3 aromatic rings. The van der Waals surface area contributed by atoms with E-state index in [1.165, 1.54) is 5.56 Å². The minimum atomic E-state index is -0.0588. The van der Waals surface area contributed by atoms with E-state index in [-0.39, 0.29) is 5.91 Å². The fraction of sp³-hybridized carbons (Fsp3) is 0.450. The van der Waals surface area contributed by atoms with Crippen LogP contribution in [-0.4, -0.2) is 51.8 Å². The maximum atomic E-state index is 13.3. The van der Waals surface area contributed by atoms with E-state index in [0.717, 1.165) is 40.5 Å². The molecule has 0 radical (unpaired) electrons. The molecule has 0 spiro atoms. The molecule has 6 nitrogen and oxygen atoms in total. The van der Waals surface area contributed by atoms with Crippen molar-refractivity contribution in [2.24, 2.45) is 7.05 Å². The first-order chi connectivity index (χ1) is 13.0. The first kappa shape index (κ1) is 19.5. The third kappa shape index (κ3) is 3.89. The number of likely N-dealkylation sites (N-methyl/N-ethyl adjacent to an activating group) is 1. The van der Waals surface area contributed by atoms with Crippen LogP contribution in [0.25, 0.3) is 10.2 Å². The maximum absolute atomic E-state index is 13.3. The Morgan fingerprint density at radius 2 is 1.81 bits per heavy atom. The number of anilines is 1. The van der Waals surface area contributed by atoms with Crippen molar-refractivity contribution >= 4 is 32.6 Å². The second kappa shape index (κ2) is 8.19. The Balaban J connectivity index is 2.01. The average molecular weight is 386 g/mol. The zero-order valence-electron chi connectivity index (χ0n) is 16.7. The van der Waals surface area contributed by atoms with Gasteiger partial charge in [0.1, 0.15) is 5.69 Å². The maximum Gasteiger partial charge on any atom is 0.278 e. The Morgan fingerprint density at radius 3 is 2.41 bits per heavy atom. The van der Waals surface area contributed by atoms with E-state index in [9.17, 15) is 4.79 Å². The highest BCUT2D eigenvalue weighted by molar-refractivity contribution is 7.22. The molecule has 1 amide bonds. The Labute approximate surface area is 164 Å². The quantitative estimate of drug-likeness (QED) is 0.623. The number of amides is 1. The molecule has 0 saturated heterocycles. The van der Waals surface area contributed by atoms with Gasteiger partial charge in [-0.3, -0.25) is 14.4 Å². The molecule has 7 heteroatoms. The number of hydrogen-bond donors (Lipinski definition) is 0. The van der Waals surface area contributed by atoms with Crippen molar-refractivity contribution in [3.8, 4) is 0 Å². The van der Waals surface area contributed by atoms with Crippen LogP contribution in [0.1, 0.15) is 35.5 Å². The van der Waals surface area contributed by atoms with Crippen molar-refractivity contribution in [3.05, 3.63) is 41.2 Å². The van der Waals surface area contributed by atoms with Gasteiger partial charge < -0.3 is 4.90 Å². The number of fused-ring (bicyclic) bond motifs is 1. The molecule has 0 N–H and O–H groups in total. The number of carbonyl (C=O) groups excluding carboxylic acids is 1. The van der Waals surface area contributed by atoms with Crippen molar-refractivity contribution in [3.63, 3.8) is 0 Å². The normalized spacial score (nSPS) is 11.5. The van der Waals surface area contributed by atoms with Crippen molar-refractivity contribution in [2.75, 3.05) is 31.1 Å². The molecule has 0 unspecified atom stereocenters. The first-order valence-electron chi connectivity index (χ1n) is 9.35. The number of thiazole rings is 1. The highest BCUT2D eigenvalue weighted by atomic mass is 32.1. The van der Waals surface area contributed by atoms with Crippen molar-refractivity contribution in [1.29, 1.82) is 0 Å². The minimum absolute atomic E-state index is 0.0588. The van der Waals surface area contributed by atoms with Crippen molar-refractivity contribution in [1.82, 2.24) is 19.7 Å². The average Bonchev–Trinajstić information content (AvgIpc) is 3.29. The number of rotatable bonds is 7. The zero-order chi connectivity index (χ0) is 19.6. The van der Waals surface area contributed by atoms with Crippen LogP contribution >= 0.6 is 11.3 Å². The smallest absolute Gasteiger partial charge is 0.278 e. The van der Waals surface area contributed by atoms with Crippen LogP contribution in [0.5, 0.6) is 0 Å². The molecule has 27 heavy (non-hydrogen) atoms. The third-order valence-electron chi connectivity index (χ3n) is 4.98. The highest BCUT2D eigenvalue weighted by Gasteiger charge is 2.24. The van der Waals surface area contributed by atoms with E-state index in [1.54, 1.807) is 40.2 Å². The van der Waals surface area contributed by atoms with Crippen LogP contribution in [0.3, 0.4) is 0 Å². The molecule has 0 saturated carbocycles. The Hall–Kier alpha value is -2.25. The van der Waals surface area contributed by atoms with Gasteiger partial charge in [-0.1, -0.05) is 37.3 Å². The van der Waals surface area contributed by atoms with E-state index < -0.39 is 0 Å². The van der Waals surface area contributed by atoms with Crippen molar-refractivity contribution in [2.45, 2.75) is 27.7 Å². The van der Waals surface area contributed by atoms with Crippen LogP contribution in [0.15, 0.2) is 24.4 Å². The van der Waals surface area contributed by atoms with Gasteiger partial charge >= 0.3 is 0 Å². The highest BCUT2D eigenvalue weighted by Crippen LogP contribution is 2.33. The summed E-state index contributed by atoms with van der Waals surface area (Å²) >= 11 is 1.59. The van der Waals surface area contributed by atoms with Gasteiger partial charge in [0.25, 0.3) is 5.91 Å². The SMILES string of the molecule is CCN(CC)CCN(C(=O)c1ccnn1C)c1nc2c(C)ccc(C)c2s1. The molecular formula is C20H27N5OS. The monoisotopic (exact) mass is 385 g/mol. The first-order valence-corrected chi connectivity index (χ1v) is 10.2. The molecule has 144 valence electrons. The summed E-state index contributed by atoms with van der Waals surface area (Å²) in [5.41, 5.74) is 3.88.